The first kappa shape index (κ1) is 19.1. The first-order chi connectivity index (χ1) is 10.8. The molecule has 2 aromatic rings. The molecule has 2 N–H and O–H groups in total. The Labute approximate surface area is 151 Å². The van der Waals surface area contributed by atoms with Gasteiger partial charge in [0.1, 0.15) is 0 Å². The van der Waals surface area contributed by atoms with Crippen molar-refractivity contribution < 1.29 is 13.2 Å². The van der Waals surface area contributed by atoms with E-state index in [1.165, 1.54) is 11.3 Å². The molecular weight excluding hydrogens is 370 g/mol. The highest BCUT2D eigenvalue weighted by molar-refractivity contribution is 7.92. The number of carbonyl (C=O) groups is 1. The Morgan fingerprint density at radius 3 is 2.58 bits per heavy atom. The Balaban J connectivity index is 0.00000208. The Bertz CT molecular complexity index is 858. The largest absolute Gasteiger partial charge is 0.317 e. The second-order valence-corrected chi connectivity index (χ2v) is 9.27. The van der Waals surface area contributed by atoms with Crippen LogP contribution in [0.4, 0.5) is 5.13 Å². The molecule has 24 heavy (non-hydrogen) atoms. The van der Waals surface area contributed by atoms with Crippen molar-refractivity contribution >= 4 is 54.8 Å². The molecule has 1 aromatic heterocycles. The predicted octanol–water partition coefficient (Wildman–Crippen LogP) is 2.13. The number of hydrogen-bond acceptors (Lipinski definition) is 6. The van der Waals surface area contributed by atoms with Crippen molar-refractivity contribution in [2.24, 2.45) is 0 Å². The van der Waals surface area contributed by atoms with E-state index in [0.29, 0.717) is 18.2 Å². The van der Waals surface area contributed by atoms with Gasteiger partial charge in [-0.15, -0.1) is 12.4 Å². The Morgan fingerprint density at radius 1 is 1.33 bits per heavy atom. The summed E-state index contributed by atoms with van der Waals surface area (Å²) >= 11 is 1.36. The van der Waals surface area contributed by atoms with Crippen LogP contribution in [0.1, 0.15) is 18.4 Å². The van der Waals surface area contributed by atoms with Gasteiger partial charge in [0, 0.05) is 6.26 Å². The molecule has 1 fully saturated rings. The molecule has 1 aromatic carbocycles. The lowest BCUT2D eigenvalue weighted by Gasteiger charge is -2.33. The minimum absolute atomic E-state index is 0. The zero-order valence-electron chi connectivity index (χ0n) is 13.5. The molecular formula is C15H20ClN3O3S2. The van der Waals surface area contributed by atoms with Crippen LogP contribution in [0, 0.1) is 6.92 Å². The number of rotatable bonds is 3. The minimum atomic E-state index is -3.52. The molecule has 6 nitrogen and oxygen atoms in total. The summed E-state index contributed by atoms with van der Waals surface area (Å²) in [4.78, 5) is 17.2. The van der Waals surface area contributed by atoms with E-state index in [-0.39, 0.29) is 25.2 Å². The van der Waals surface area contributed by atoms with Gasteiger partial charge in [0.05, 0.1) is 10.2 Å². The second-order valence-electron chi connectivity index (χ2n) is 5.91. The zero-order chi connectivity index (χ0) is 16.7. The zero-order valence-corrected chi connectivity index (χ0v) is 15.9. The smallest absolute Gasteiger partial charge is 0.247 e. The lowest BCUT2D eigenvalue weighted by molar-refractivity contribution is -0.119. The van der Waals surface area contributed by atoms with Gasteiger partial charge >= 0.3 is 0 Å². The van der Waals surface area contributed by atoms with Gasteiger partial charge in [0.2, 0.25) is 5.91 Å². The molecule has 0 saturated carbocycles. The number of halogens is 1. The van der Waals surface area contributed by atoms with E-state index < -0.39 is 20.5 Å². The van der Waals surface area contributed by atoms with Crippen LogP contribution in [0.3, 0.4) is 0 Å². The Morgan fingerprint density at radius 2 is 2.00 bits per heavy atom. The minimum Gasteiger partial charge on any atom is -0.317 e. The monoisotopic (exact) mass is 389 g/mol. The van der Waals surface area contributed by atoms with Crippen molar-refractivity contribution in [3.05, 3.63) is 23.8 Å². The van der Waals surface area contributed by atoms with Gasteiger partial charge < -0.3 is 10.6 Å². The predicted molar refractivity (Wildman–Crippen MR) is 99.9 cm³/mol. The van der Waals surface area contributed by atoms with Crippen molar-refractivity contribution in [3.8, 4) is 0 Å². The fourth-order valence-electron chi connectivity index (χ4n) is 2.95. The molecule has 9 heteroatoms. The summed E-state index contributed by atoms with van der Waals surface area (Å²) in [6.07, 6.45) is 1.70. The number of thiazole rings is 1. The first-order valence-corrected chi connectivity index (χ1v) is 10.1. The van der Waals surface area contributed by atoms with Crippen LogP contribution in [0.15, 0.2) is 18.2 Å². The van der Waals surface area contributed by atoms with Crippen LogP contribution in [-0.2, 0) is 14.6 Å². The van der Waals surface area contributed by atoms with Gasteiger partial charge in [-0.05, 0) is 44.5 Å². The molecule has 0 aliphatic carbocycles. The third-order valence-electron chi connectivity index (χ3n) is 4.38. The van der Waals surface area contributed by atoms with E-state index in [9.17, 15) is 13.2 Å². The van der Waals surface area contributed by atoms with E-state index in [2.05, 4.69) is 15.6 Å². The second kappa shape index (κ2) is 6.95. The van der Waals surface area contributed by atoms with Crippen LogP contribution in [-0.4, -0.2) is 43.4 Å². The third kappa shape index (κ3) is 3.28. The number of carbonyl (C=O) groups excluding carboxylic acids is 1. The number of piperidine rings is 1. The molecule has 1 aliphatic rings. The molecule has 2 heterocycles. The van der Waals surface area contributed by atoms with Gasteiger partial charge in [0.25, 0.3) is 0 Å². The molecule has 1 saturated heterocycles. The van der Waals surface area contributed by atoms with Crippen LogP contribution in [0.2, 0.25) is 0 Å². The number of sulfone groups is 1. The number of aromatic nitrogens is 1. The van der Waals surface area contributed by atoms with E-state index in [1.54, 1.807) is 0 Å². The van der Waals surface area contributed by atoms with Crippen molar-refractivity contribution in [1.29, 1.82) is 0 Å². The van der Waals surface area contributed by atoms with Crippen LogP contribution in [0.5, 0.6) is 0 Å². The van der Waals surface area contributed by atoms with E-state index in [4.69, 9.17) is 0 Å². The number of fused-ring (bicyclic) bond motifs is 1. The summed E-state index contributed by atoms with van der Waals surface area (Å²) in [6, 6.07) is 5.83. The van der Waals surface area contributed by atoms with E-state index >= 15 is 0 Å². The lowest BCUT2D eigenvalue weighted by atomic mass is 9.96. The topological polar surface area (TPSA) is 88.2 Å². The standard InChI is InChI=1S/C15H19N3O3S2.ClH/c1-10-4-3-5-11-12(10)17-14(22-11)18-13(19)15(23(2,20)21)6-8-16-9-7-15;/h3-5,16H,6-9H2,1-2H3,(H,17,18,19);1H. The lowest BCUT2D eigenvalue weighted by Crippen LogP contribution is -2.55. The fraction of sp³-hybridized carbons (Fsp3) is 0.467. The highest BCUT2D eigenvalue weighted by Crippen LogP contribution is 2.32. The number of benzene rings is 1. The van der Waals surface area contributed by atoms with Crippen molar-refractivity contribution in [1.82, 2.24) is 10.3 Å². The summed E-state index contributed by atoms with van der Waals surface area (Å²) < 4.78 is 24.1. The average Bonchev–Trinajstić information content (AvgIpc) is 2.91. The number of nitrogens with one attached hydrogen (secondary N) is 2. The van der Waals surface area contributed by atoms with Crippen molar-refractivity contribution in [2.45, 2.75) is 24.5 Å². The van der Waals surface area contributed by atoms with Gasteiger partial charge in [-0.3, -0.25) is 4.79 Å². The maximum Gasteiger partial charge on any atom is 0.247 e. The maximum absolute atomic E-state index is 12.7. The third-order valence-corrected chi connectivity index (χ3v) is 7.33. The summed E-state index contributed by atoms with van der Waals surface area (Å²) in [5, 5.41) is 6.28. The molecule has 0 unspecified atom stereocenters. The number of hydrogen-bond donors (Lipinski definition) is 2. The average molecular weight is 390 g/mol. The quantitative estimate of drug-likeness (QED) is 0.839. The van der Waals surface area contributed by atoms with E-state index in [1.807, 2.05) is 25.1 Å². The summed E-state index contributed by atoms with van der Waals surface area (Å²) in [7, 11) is -3.52. The highest BCUT2D eigenvalue weighted by atomic mass is 35.5. The normalized spacial score (nSPS) is 17.2. The molecule has 1 aliphatic heterocycles. The molecule has 132 valence electrons. The highest BCUT2D eigenvalue weighted by Gasteiger charge is 2.48. The molecule has 0 atom stereocenters. The number of anilines is 1. The van der Waals surface area contributed by atoms with Crippen molar-refractivity contribution in [3.63, 3.8) is 0 Å². The van der Waals surface area contributed by atoms with Crippen molar-refractivity contribution in [2.75, 3.05) is 24.7 Å². The summed E-state index contributed by atoms with van der Waals surface area (Å²) in [6.45, 7) is 2.98. The Hall–Kier alpha value is -1.22. The van der Waals surface area contributed by atoms with Gasteiger partial charge in [-0.1, -0.05) is 23.5 Å². The van der Waals surface area contributed by atoms with E-state index in [0.717, 1.165) is 22.0 Å². The van der Waals surface area contributed by atoms with Crippen LogP contribution in [0.25, 0.3) is 10.2 Å². The fourth-order valence-corrected chi connectivity index (χ4v) is 5.22. The number of aryl methyl sites for hydroxylation is 1. The molecule has 0 spiro atoms. The Kier molecular flexibility index (Phi) is 5.54. The summed E-state index contributed by atoms with van der Waals surface area (Å²) in [5.41, 5.74) is 1.87. The van der Waals surface area contributed by atoms with Crippen LogP contribution >= 0.6 is 23.7 Å². The van der Waals surface area contributed by atoms with Gasteiger partial charge in [-0.25, -0.2) is 13.4 Å². The number of amides is 1. The SMILES string of the molecule is Cc1cccc2sc(NC(=O)C3(S(C)(=O)=O)CCNCC3)nc12.Cl. The van der Waals surface area contributed by atoms with Crippen LogP contribution < -0.4 is 10.6 Å². The summed E-state index contributed by atoms with van der Waals surface area (Å²) in [5.74, 6) is -0.474. The maximum atomic E-state index is 12.7. The first-order valence-electron chi connectivity index (χ1n) is 7.41. The number of para-hydroxylation sites is 1. The molecule has 1 amide bonds. The molecule has 0 radical (unpaired) electrons. The number of nitrogens with zero attached hydrogens (tertiary/aromatic N) is 1. The van der Waals surface area contributed by atoms with Gasteiger partial charge in [-0.2, -0.15) is 0 Å². The molecule has 3 rings (SSSR count). The van der Waals surface area contributed by atoms with Gasteiger partial charge in [0.15, 0.2) is 19.7 Å². The molecule has 0 bridgehead atoms.